The first-order chi connectivity index (χ1) is 9.43. The number of benzene rings is 1. The molecule has 0 aromatic heterocycles. The molecule has 8 nitrogen and oxygen atoms in total. The molecule has 0 atom stereocenters. The minimum Gasteiger partial charge on any atom is -0.469 e. The molecule has 1 rings (SSSR count). The standard InChI is InChI=1S/C12H15N3O5/c1-14(8-7-11(16)20-2)12(17)13-9-3-5-10(6-4-9)15(18)19/h3-6H,7-8H2,1-2H3,(H,13,17). The number of non-ortho nitro benzene ring substituents is 1. The molecule has 0 bridgehead atoms. The first kappa shape index (κ1) is 15.4. The molecule has 0 aliphatic carbocycles. The number of hydrogen-bond acceptors (Lipinski definition) is 5. The Morgan fingerprint density at radius 2 is 1.95 bits per heavy atom. The van der Waals surface area contributed by atoms with Crippen molar-refractivity contribution in [2.45, 2.75) is 6.42 Å². The van der Waals surface area contributed by atoms with Crippen LogP contribution in [0.5, 0.6) is 0 Å². The summed E-state index contributed by atoms with van der Waals surface area (Å²) in [5, 5.41) is 13.0. The van der Waals surface area contributed by atoms with E-state index in [2.05, 4.69) is 10.1 Å². The minimum absolute atomic E-state index is 0.0537. The Bertz CT molecular complexity index is 500. The van der Waals surface area contributed by atoms with Gasteiger partial charge in [0.25, 0.3) is 5.69 Å². The summed E-state index contributed by atoms with van der Waals surface area (Å²) >= 11 is 0. The van der Waals surface area contributed by atoms with Gasteiger partial charge in [-0.15, -0.1) is 0 Å². The molecule has 108 valence electrons. The summed E-state index contributed by atoms with van der Waals surface area (Å²) in [6.07, 6.45) is 0.0979. The van der Waals surface area contributed by atoms with Crippen LogP contribution < -0.4 is 5.32 Å². The minimum atomic E-state index is -0.520. The van der Waals surface area contributed by atoms with Crippen molar-refractivity contribution in [1.82, 2.24) is 4.90 Å². The van der Waals surface area contributed by atoms with Crippen LogP contribution in [0.1, 0.15) is 6.42 Å². The number of hydrogen-bond donors (Lipinski definition) is 1. The number of nitrogens with zero attached hydrogens (tertiary/aromatic N) is 2. The summed E-state index contributed by atoms with van der Waals surface area (Å²) in [7, 11) is 2.81. The second-order valence-corrected chi connectivity index (χ2v) is 3.98. The van der Waals surface area contributed by atoms with Crippen LogP contribution in [-0.2, 0) is 9.53 Å². The lowest BCUT2D eigenvalue weighted by Crippen LogP contribution is -2.33. The van der Waals surface area contributed by atoms with Crippen molar-refractivity contribution in [3.8, 4) is 0 Å². The number of ether oxygens (including phenoxy) is 1. The van der Waals surface area contributed by atoms with Crippen LogP contribution in [0.25, 0.3) is 0 Å². The van der Waals surface area contributed by atoms with Gasteiger partial charge >= 0.3 is 12.0 Å². The molecule has 0 radical (unpaired) electrons. The second-order valence-electron chi connectivity index (χ2n) is 3.98. The molecule has 20 heavy (non-hydrogen) atoms. The van der Waals surface area contributed by atoms with E-state index in [1.165, 1.54) is 43.3 Å². The zero-order valence-corrected chi connectivity index (χ0v) is 11.2. The van der Waals surface area contributed by atoms with E-state index in [-0.39, 0.29) is 18.7 Å². The van der Waals surface area contributed by atoms with Crippen LogP contribution in [0.15, 0.2) is 24.3 Å². The predicted molar refractivity (Wildman–Crippen MR) is 71.4 cm³/mol. The van der Waals surface area contributed by atoms with Gasteiger partial charge in [-0.3, -0.25) is 14.9 Å². The third-order valence-electron chi connectivity index (χ3n) is 2.56. The van der Waals surface area contributed by atoms with E-state index in [4.69, 9.17) is 0 Å². The number of urea groups is 1. The first-order valence-corrected chi connectivity index (χ1v) is 5.77. The van der Waals surface area contributed by atoms with Crippen LogP contribution in [0.4, 0.5) is 16.2 Å². The molecule has 0 fully saturated rings. The molecule has 1 N–H and O–H groups in total. The lowest BCUT2D eigenvalue weighted by molar-refractivity contribution is -0.384. The highest BCUT2D eigenvalue weighted by atomic mass is 16.6. The quantitative estimate of drug-likeness (QED) is 0.502. The number of amides is 2. The monoisotopic (exact) mass is 281 g/mol. The van der Waals surface area contributed by atoms with E-state index in [1.54, 1.807) is 0 Å². The second kappa shape index (κ2) is 7.07. The Kier molecular flexibility index (Phi) is 5.45. The van der Waals surface area contributed by atoms with Crippen LogP contribution >= 0.6 is 0 Å². The lowest BCUT2D eigenvalue weighted by atomic mass is 10.3. The van der Waals surface area contributed by atoms with Gasteiger partial charge in [-0.05, 0) is 12.1 Å². The number of methoxy groups -OCH3 is 1. The fraction of sp³-hybridized carbons (Fsp3) is 0.333. The van der Waals surface area contributed by atoms with E-state index in [9.17, 15) is 19.7 Å². The van der Waals surface area contributed by atoms with Gasteiger partial charge < -0.3 is 15.0 Å². The fourth-order valence-electron chi connectivity index (χ4n) is 1.35. The number of carbonyl (C=O) groups excluding carboxylic acids is 2. The van der Waals surface area contributed by atoms with E-state index in [1.807, 2.05) is 0 Å². The maximum Gasteiger partial charge on any atom is 0.321 e. The molecule has 0 aliphatic rings. The summed E-state index contributed by atoms with van der Waals surface area (Å²) in [5.41, 5.74) is 0.382. The van der Waals surface area contributed by atoms with Crippen molar-refractivity contribution < 1.29 is 19.2 Å². The van der Waals surface area contributed by atoms with Gasteiger partial charge in [0.2, 0.25) is 0 Å². The van der Waals surface area contributed by atoms with Crippen molar-refractivity contribution in [3.05, 3.63) is 34.4 Å². The number of nitrogens with one attached hydrogen (secondary N) is 1. The van der Waals surface area contributed by atoms with E-state index in [0.29, 0.717) is 5.69 Å². The molecule has 0 heterocycles. The highest BCUT2D eigenvalue weighted by molar-refractivity contribution is 5.89. The van der Waals surface area contributed by atoms with Crippen molar-refractivity contribution in [2.24, 2.45) is 0 Å². The number of nitro groups is 1. The molecular formula is C12H15N3O5. The molecule has 1 aromatic carbocycles. The zero-order valence-electron chi connectivity index (χ0n) is 11.2. The molecule has 0 aliphatic heterocycles. The van der Waals surface area contributed by atoms with Gasteiger partial charge in [-0.1, -0.05) is 0 Å². The Morgan fingerprint density at radius 1 is 1.35 bits per heavy atom. The lowest BCUT2D eigenvalue weighted by Gasteiger charge is -2.17. The molecule has 0 saturated carbocycles. The number of rotatable bonds is 5. The van der Waals surface area contributed by atoms with Crippen LogP contribution in [-0.4, -0.2) is 42.5 Å². The van der Waals surface area contributed by atoms with Crippen LogP contribution in [0, 0.1) is 10.1 Å². The normalized spacial score (nSPS) is 9.70. The van der Waals surface area contributed by atoms with Gasteiger partial charge in [0.05, 0.1) is 18.5 Å². The SMILES string of the molecule is COC(=O)CCN(C)C(=O)Nc1ccc([N+](=O)[O-])cc1. The zero-order chi connectivity index (χ0) is 15.1. The summed E-state index contributed by atoms with van der Waals surface area (Å²) in [6.45, 7) is 0.214. The number of esters is 1. The largest absolute Gasteiger partial charge is 0.469 e. The number of anilines is 1. The summed E-state index contributed by atoms with van der Waals surface area (Å²) in [4.78, 5) is 34.0. The average molecular weight is 281 g/mol. The van der Waals surface area contributed by atoms with Gasteiger partial charge in [0.1, 0.15) is 0 Å². The maximum absolute atomic E-state index is 11.8. The average Bonchev–Trinajstić information content (AvgIpc) is 2.44. The van der Waals surface area contributed by atoms with Crippen molar-refractivity contribution >= 4 is 23.4 Å². The summed E-state index contributed by atoms with van der Waals surface area (Å²) in [5.74, 6) is -0.403. The molecule has 0 spiro atoms. The van der Waals surface area contributed by atoms with E-state index < -0.39 is 16.9 Å². The van der Waals surface area contributed by atoms with Gasteiger partial charge in [0.15, 0.2) is 0 Å². The van der Waals surface area contributed by atoms with Crippen molar-refractivity contribution in [2.75, 3.05) is 26.0 Å². The number of carbonyl (C=O) groups is 2. The van der Waals surface area contributed by atoms with Gasteiger partial charge in [-0.25, -0.2) is 4.79 Å². The van der Waals surface area contributed by atoms with Crippen LogP contribution in [0.3, 0.4) is 0 Å². The summed E-state index contributed by atoms with van der Waals surface area (Å²) < 4.78 is 4.47. The smallest absolute Gasteiger partial charge is 0.321 e. The highest BCUT2D eigenvalue weighted by Gasteiger charge is 2.11. The van der Waals surface area contributed by atoms with Gasteiger partial charge in [0, 0.05) is 31.4 Å². The predicted octanol–water partition coefficient (Wildman–Crippen LogP) is 1.62. The molecule has 8 heteroatoms. The Hall–Kier alpha value is -2.64. The third-order valence-corrected chi connectivity index (χ3v) is 2.56. The fourth-order valence-corrected chi connectivity index (χ4v) is 1.35. The Labute approximate surface area is 115 Å². The molecule has 0 saturated heterocycles. The Balaban J connectivity index is 2.52. The Morgan fingerprint density at radius 3 is 2.45 bits per heavy atom. The van der Waals surface area contributed by atoms with Crippen molar-refractivity contribution in [3.63, 3.8) is 0 Å². The van der Waals surface area contributed by atoms with E-state index in [0.717, 1.165) is 0 Å². The molecular weight excluding hydrogens is 266 g/mol. The van der Waals surface area contributed by atoms with Crippen LogP contribution in [0.2, 0.25) is 0 Å². The molecule has 2 amide bonds. The van der Waals surface area contributed by atoms with Gasteiger partial charge in [-0.2, -0.15) is 0 Å². The maximum atomic E-state index is 11.8. The van der Waals surface area contributed by atoms with Crippen molar-refractivity contribution in [1.29, 1.82) is 0 Å². The first-order valence-electron chi connectivity index (χ1n) is 5.77. The molecule has 0 unspecified atom stereocenters. The number of nitro benzene ring substituents is 1. The molecule has 1 aromatic rings. The highest BCUT2D eigenvalue weighted by Crippen LogP contribution is 2.15. The topological polar surface area (TPSA) is 102 Å². The van der Waals surface area contributed by atoms with E-state index >= 15 is 0 Å². The summed E-state index contributed by atoms with van der Waals surface area (Å²) in [6, 6.07) is 5.05. The third kappa shape index (κ3) is 4.56.